The number of rotatable bonds is 6. The second kappa shape index (κ2) is 6.47. The van der Waals surface area contributed by atoms with Crippen molar-refractivity contribution < 1.29 is 10.0 Å². The van der Waals surface area contributed by atoms with Gasteiger partial charge in [0.25, 0.3) is 5.69 Å². The smallest absolute Gasteiger partial charge is 0.272 e. The van der Waals surface area contributed by atoms with Gasteiger partial charge in [-0.2, -0.15) is 0 Å². The van der Waals surface area contributed by atoms with Crippen molar-refractivity contribution in [3.63, 3.8) is 0 Å². The summed E-state index contributed by atoms with van der Waals surface area (Å²) in [5, 5.41) is 23.3. The highest BCUT2D eigenvalue weighted by atomic mass is 16.6. The van der Waals surface area contributed by atoms with Crippen molar-refractivity contribution in [3.05, 3.63) is 39.4 Å². The highest BCUT2D eigenvalue weighted by Gasteiger charge is 2.16. The van der Waals surface area contributed by atoms with Crippen LogP contribution >= 0.6 is 0 Å². The molecule has 5 heteroatoms. The zero-order valence-electron chi connectivity index (χ0n) is 11.0. The van der Waals surface area contributed by atoms with Gasteiger partial charge in [0.1, 0.15) is 0 Å². The molecule has 0 amide bonds. The Labute approximate surface area is 107 Å². The first-order chi connectivity index (χ1) is 8.43. The van der Waals surface area contributed by atoms with Gasteiger partial charge < -0.3 is 10.4 Å². The Morgan fingerprint density at radius 1 is 1.44 bits per heavy atom. The number of hydrogen-bond donors (Lipinski definition) is 2. The van der Waals surface area contributed by atoms with Gasteiger partial charge in [0.2, 0.25) is 0 Å². The van der Waals surface area contributed by atoms with Crippen molar-refractivity contribution in [1.29, 1.82) is 0 Å². The highest BCUT2D eigenvalue weighted by molar-refractivity contribution is 5.45. The molecule has 0 saturated carbocycles. The SMILES string of the molecule is Cc1c(C(C)NCCC(C)O)cccc1[N+](=O)[O-]. The fraction of sp³-hybridized carbons (Fsp3) is 0.538. The van der Waals surface area contributed by atoms with E-state index < -0.39 is 0 Å². The molecule has 2 atom stereocenters. The summed E-state index contributed by atoms with van der Waals surface area (Å²) in [5.74, 6) is 0. The summed E-state index contributed by atoms with van der Waals surface area (Å²) in [6.45, 7) is 6.15. The summed E-state index contributed by atoms with van der Waals surface area (Å²) in [6.07, 6.45) is 0.328. The molecule has 0 saturated heterocycles. The molecule has 0 aliphatic carbocycles. The lowest BCUT2D eigenvalue weighted by atomic mass is 10.0. The summed E-state index contributed by atoms with van der Waals surface area (Å²) < 4.78 is 0. The minimum atomic E-state index is -0.360. The van der Waals surface area contributed by atoms with Gasteiger partial charge in [0, 0.05) is 17.7 Å². The molecule has 0 spiro atoms. The third kappa shape index (κ3) is 3.78. The third-order valence-corrected chi connectivity index (χ3v) is 3.02. The van der Waals surface area contributed by atoms with Crippen molar-refractivity contribution in [2.45, 2.75) is 39.3 Å². The lowest BCUT2D eigenvalue weighted by Gasteiger charge is -2.17. The summed E-state index contributed by atoms with van der Waals surface area (Å²) >= 11 is 0. The molecule has 0 radical (unpaired) electrons. The van der Waals surface area contributed by atoms with E-state index in [0.717, 1.165) is 5.56 Å². The maximum atomic E-state index is 10.9. The average molecular weight is 252 g/mol. The Kier molecular flexibility index (Phi) is 5.25. The summed E-state index contributed by atoms with van der Waals surface area (Å²) in [4.78, 5) is 10.5. The molecule has 0 bridgehead atoms. The largest absolute Gasteiger partial charge is 0.393 e. The molecule has 5 nitrogen and oxygen atoms in total. The lowest BCUT2D eigenvalue weighted by Crippen LogP contribution is -2.23. The Balaban J connectivity index is 2.76. The normalized spacial score (nSPS) is 14.2. The van der Waals surface area contributed by atoms with Gasteiger partial charge in [-0.3, -0.25) is 10.1 Å². The van der Waals surface area contributed by atoms with E-state index in [0.29, 0.717) is 18.5 Å². The predicted octanol–water partition coefficient (Wildman–Crippen LogP) is 2.32. The molecule has 2 N–H and O–H groups in total. The lowest BCUT2D eigenvalue weighted by molar-refractivity contribution is -0.385. The summed E-state index contributed by atoms with van der Waals surface area (Å²) in [6, 6.07) is 5.14. The molecule has 1 aromatic rings. The predicted molar refractivity (Wildman–Crippen MR) is 70.5 cm³/mol. The monoisotopic (exact) mass is 252 g/mol. The van der Waals surface area contributed by atoms with Crippen LogP contribution in [0.15, 0.2) is 18.2 Å². The van der Waals surface area contributed by atoms with Crippen LogP contribution in [-0.4, -0.2) is 22.7 Å². The number of nitrogens with one attached hydrogen (secondary N) is 1. The molecule has 0 heterocycles. The fourth-order valence-corrected chi connectivity index (χ4v) is 1.93. The highest BCUT2D eigenvalue weighted by Crippen LogP contribution is 2.25. The van der Waals surface area contributed by atoms with Crippen LogP contribution in [0.25, 0.3) is 0 Å². The van der Waals surface area contributed by atoms with E-state index in [4.69, 9.17) is 0 Å². The summed E-state index contributed by atoms with van der Waals surface area (Å²) in [5.41, 5.74) is 1.77. The third-order valence-electron chi connectivity index (χ3n) is 3.02. The van der Waals surface area contributed by atoms with Crippen molar-refractivity contribution in [2.24, 2.45) is 0 Å². The van der Waals surface area contributed by atoms with Crippen LogP contribution in [0, 0.1) is 17.0 Å². The molecule has 100 valence electrons. The van der Waals surface area contributed by atoms with Crippen LogP contribution in [-0.2, 0) is 0 Å². The minimum absolute atomic E-state index is 0.0312. The Hall–Kier alpha value is -1.46. The number of nitro groups is 1. The number of aliphatic hydroxyl groups is 1. The first-order valence-corrected chi connectivity index (χ1v) is 6.08. The number of nitro benzene ring substituents is 1. The molecular weight excluding hydrogens is 232 g/mol. The second-order valence-electron chi connectivity index (χ2n) is 4.56. The van der Waals surface area contributed by atoms with Gasteiger partial charge in [0.15, 0.2) is 0 Å². The van der Waals surface area contributed by atoms with Gasteiger partial charge in [-0.1, -0.05) is 12.1 Å². The molecule has 1 rings (SSSR count). The Morgan fingerprint density at radius 2 is 2.11 bits per heavy atom. The zero-order valence-corrected chi connectivity index (χ0v) is 11.0. The maximum absolute atomic E-state index is 10.9. The number of aliphatic hydroxyl groups excluding tert-OH is 1. The molecule has 0 aromatic heterocycles. The first kappa shape index (κ1) is 14.6. The van der Waals surface area contributed by atoms with Crippen LogP contribution in [0.4, 0.5) is 5.69 Å². The van der Waals surface area contributed by atoms with E-state index in [1.54, 1.807) is 19.9 Å². The topological polar surface area (TPSA) is 75.4 Å². The molecule has 0 aliphatic heterocycles. The molecule has 2 unspecified atom stereocenters. The van der Waals surface area contributed by atoms with Crippen molar-refractivity contribution in [2.75, 3.05) is 6.54 Å². The molecule has 18 heavy (non-hydrogen) atoms. The van der Waals surface area contributed by atoms with Crippen LogP contribution in [0.2, 0.25) is 0 Å². The second-order valence-corrected chi connectivity index (χ2v) is 4.56. The maximum Gasteiger partial charge on any atom is 0.272 e. The van der Waals surface area contributed by atoms with Crippen LogP contribution in [0.3, 0.4) is 0 Å². The Morgan fingerprint density at radius 3 is 2.67 bits per heavy atom. The van der Waals surface area contributed by atoms with Crippen molar-refractivity contribution >= 4 is 5.69 Å². The van der Waals surface area contributed by atoms with E-state index in [2.05, 4.69) is 5.32 Å². The zero-order chi connectivity index (χ0) is 13.7. The summed E-state index contributed by atoms with van der Waals surface area (Å²) in [7, 11) is 0. The van der Waals surface area contributed by atoms with E-state index in [1.165, 1.54) is 6.07 Å². The van der Waals surface area contributed by atoms with Gasteiger partial charge >= 0.3 is 0 Å². The average Bonchev–Trinajstić information content (AvgIpc) is 2.28. The molecule has 1 aromatic carbocycles. The Bertz CT molecular complexity index is 419. The van der Waals surface area contributed by atoms with E-state index in [1.807, 2.05) is 13.0 Å². The quantitative estimate of drug-likeness (QED) is 0.602. The van der Waals surface area contributed by atoms with E-state index >= 15 is 0 Å². The molecule has 0 fully saturated rings. The molecule has 0 aliphatic rings. The fourth-order valence-electron chi connectivity index (χ4n) is 1.93. The molecular formula is C13H20N2O3. The van der Waals surface area contributed by atoms with Gasteiger partial charge in [-0.15, -0.1) is 0 Å². The standard InChI is InChI=1S/C13H20N2O3/c1-9(16)7-8-14-11(3)12-5-4-6-13(10(12)2)15(17)18/h4-6,9,11,14,16H,7-8H2,1-3H3. The first-order valence-electron chi connectivity index (χ1n) is 6.08. The van der Waals surface area contributed by atoms with Crippen LogP contribution < -0.4 is 5.32 Å². The van der Waals surface area contributed by atoms with Gasteiger partial charge in [-0.05, 0) is 39.3 Å². The van der Waals surface area contributed by atoms with Crippen LogP contribution in [0.1, 0.15) is 37.4 Å². The number of benzene rings is 1. The van der Waals surface area contributed by atoms with E-state index in [9.17, 15) is 15.2 Å². The number of nitrogens with zero attached hydrogens (tertiary/aromatic N) is 1. The minimum Gasteiger partial charge on any atom is -0.393 e. The van der Waals surface area contributed by atoms with Crippen molar-refractivity contribution in [1.82, 2.24) is 5.32 Å². The van der Waals surface area contributed by atoms with E-state index in [-0.39, 0.29) is 22.8 Å². The van der Waals surface area contributed by atoms with Crippen LogP contribution in [0.5, 0.6) is 0 Å². The van der Waals surface area contributed by atoms with Crippen molar-refractivity contribution in [3.8, 4) is 0 Å². The van der Waals surface area contributed by atoms with Gasteiger partial charge in [0.05, 0.1) is 11.0 Å². The van der Waals surface area contributed by atoms with Gasteiger partial charge in [-0.25, -0.2) is 0 Å². The number of hydrogen-bond acceptors (Lipinski definition) is 4.